The van der Waals surface area contributed by atoms with E-state index in [1.165, 1.54) is 12.1 Å². The molecular formula is C20H15ClFN3O. The second kappa shape index (κ2) is 6.86. The average Bonchev–Trinajstić information content (AvgIpc) is 3.02. The molecule has 2 heterocycles. The van der Waals surface area contributed by atoms with Crippen molar-refractivity contribution in [3.8, 4) is 22.4 Å². The molecule has 0 fully saturated rings. The molecule has 4 nitrogen and oxygen atoms in total. The van der Waals surface area contributed by atoms with Crippen molar-refractivity contribution in [3.63, 3.8) is 0 Å². The van der Waals surface area contributed by atoms with Crippen LogP contribution in [0.1, 0.15) is 5.69 Å². The summed E-state index contributed by atoms with van der Waals surface area (Å²) in [5, 5.41) is 5.38. The van der Waals surface area contributed by atoms with Crippen molar-refractivity contribution in [3.05, 3.63) is 77.3 Å². The number of nitrogens with zero attached hydrogens (tertiary/aromatic N) is 3. The van der Waals surface area contributed by atoms with Crippen LogP contribution >= 0.6 is 11.6 Å². The van der Waals surface area contributed by atoms with Gasteiger partial charge in [0.25, 0.3) is 0 Å². The number of ether oxygens (including phenoxy) is 1. The zero-order valence-electron chi connectivity index (χ0n) is 14.0. The summed E-state index contributed by atoms with van der Waals surface area (Å²) < 4.78 is 20.4. The maximum absolute atomic E-state index is 13.3. The van der Waals surface area contributed by atoms with Crippen LogP contribution in [0.5, 0.6) is 0 Å². The molecule has 6 heteroatoms. The van der Waals surface area contributed by atoms with Crippen LogP contribution in [0.15, 0.2) is 60.8 Å². The molecule has 4 rings (SSSR count). The molecule has 2 aromatic carbocycles. The highest BCUT2D eigenvalue weighted by atomic mass is 35.5. The summed E-state index contributed by atoms with van der Waals surface area (Å²) in [7, 11) is 1.62. The molecule has 0 aliphatic carbocycles. The Hall–Kier alpha value is -2.76. The molecule has 0 N–H and O–H groups in total. The zero-order chi connectivity index (χ0) is 18.1. The highest BCUT2D eigenvalue weighted by Crippen LogP contribution is 2.31. The third-order valence-corrected chi connectivity index (χ3v) is 4.40. The number of rotatable bonds is 4. The summed E-state index contributed by atoms with van der Waals surface area (Å²) in [6.07, 6.45) is 1.74. The predicted octanol–water partition coefficient (Wildman–Crippen LogP) is 5.00. The van der Waals surface area contributed by atoms with Crippen LogP contribution in [-0.2, 0) is 11.3 Å². The van der Waals surface area contributed by atoms with Gasteiger partial charge in [0.05, 0.1) is 23.6 Å². The van der Waals surface area contributed by atoms with E-state index in [9.17, 15) is 4.39 Å². The molecule has 0 amide bonds. The molecule has 0 spiro atoms. The molecule has 0 saturated heterocycles. The summed E-state index contributed by atoms with van der Waals surface area (Å²) in [4.78, 5) is 4.51. The van der Waals surface area contributed by atoms with Crippen molar-refractivity contribution in [1.82, 2.24) is 14.6 Å². The van der Waals surface area contributed by atoms with E-state index in [-0.39, 0.29) is 5.82 Å². The minimum atomic E-state index is -0.284. The normalized spacial score (nSPS) is 11.2. The summed E-state index contributed by atoms with van der Waals surface area (Å²) in [6.45, 7) is 0.329. The number of fused-ring (bicyclic) bond motifs is 1. The van der Waals surface area contributed by atoms with E-state index in [1.807, 2.05) is 30.3 Å². The van der Waals surface area contributed by atoms with Crippen LogP contribution in [-0.4, -0.2) is 21.7 Å². The number of methoxy groups -OCH3 is 1. The summed E-state index contributed by atoms with van der Waals surface area (Å²) in [6, 6.07) is 15.8. The van der Waals surface area contributed by atoms with Gasteiger partial charge in [0, 0.05) is 23.9 Å². The van der Waals surface area contributed by atoms with Gasteiger partial charge in [0.1, 0.15) is 5.82 Å². The largest absolute Gasteiger partial charge is 0.378 e. The number of benzene rings is 2. The minimum absolute atomic E-state index is 0.284. The van der Waals surface area contributed by atoms with Gasteiger partial charge in [-0.25, -0.2) is 13.9 Å². The molecule has 0 radical (unpaired) electrons. The fourth-order valence-electron chi connectivity index (χ4n) is 2.98. The average molecular weight is 368 g/mol. The lowest BCUT2D eigenvalue weighted by atomic mass is 10.1. The first kappa shape index (κ1) is 16.7. The Morgan fingerprint density at radius 1 is 1.00 bits per heavy atom. The van der Waals surface area contributed by atoms with E-state index >= 15 is 0 Å². The van der Waals surface area contributed by atoms with E-state index in [1.54, 1.807) is 30.0 Å². The highest BCUT2D eigenvalue weighted by Gasteiger charge is 2.18. The Morgan fingerprint density at radius 2 is 1.69 bits per heavy atom. The molecule has 0 saturated carbocycles. The fraction of sp³-hybridized carbons (Fsp3) is 0.100. The van der Waals surface area contributed by atoms with Gasteiger partial charge in [-0.1, -0.05) is 35.9 Å². The van der Waals surface area contributed by atoms with Crippen LogP contribution in [0.3, 0.4) is 0 Å². The van der Waals surface area contributed by atoms with E-state index in [0.717, 1.165) is 28.1 Å². The second-order valence-electron chi connectivity index (χ2n) is 5.83. The Morgan fingerprint density at radius 3 is 2.38 bits per heavy atom. The van der Waals surface area contributed by atoms with Gasteiger partial charge in [0.2, 0.25) is 0 Å². The lowest BCUT2D eigenvalue weighted by Crippen LogP contribution is -1.96. The van der Waals surface area contributed by atoms with Gasteiger partial charge < -0.3 is 4.74 Å². The monoisotopic (exact) mass is 367 g/mol. The maximum Gasteiger partial charge on any atom is 0.163 e. The van der Waals surface area contributed by atoms with Gasteiger partial charge >= 0.3 is 0 Å². The Labute approximate surface area is 154 Å². The van der Waals surface area contributed by atoms with Crippen molar-refractivity contribution in [2.45, 2.75) is 6.61 Å². The smallest absolute Gasteiger partial charge is 0.163 e. The zero-order valence-corrected chi connectivity index (χ0v) is 14.7. The van der Waals surface area contributed by atoms with E-state index in [0.29, 0.717) is 17.3 Å². The number of hydrogen-bond donors (Lipinski definition) is 0. The van der Waals surface area contributed by atoms with Gasteiger partial charge in [-0.2, -0.15) is 5.10 Å². The fourth-order valence-corrected chi connectivity index (χ4v) is 3.10. The Kier molecular flexibility index (Phi) is 4.41. The van der Waals surface area contributed by atoms with Crippen LogP contribution in [0.2, 0.25) is 5.02 Å². The topological polar surface area (TPSA) is 39.4 Å². The molecule has 0 aliphatic heterocycles. The Balaban J connectivity index is 1.96. The summed E-state index contributed by atoms with van der Waals surface area (Å²) >= 11 is 6.00. The van der Waals surface area contributed by atoms with Crippen molar-refractivity contribution in [2.24, 2.45) is 0 Å². The molecule has 130 valence electrons. The standard InChI is InChI=1S/C20H15ClFN3O/c1-26-12-17-19(14-4-8-16(22)9-5-14)20-23-11-10-18(25(20)24-17)13-2-6-15(21)7-3-13/h2-11H,12H2,1H3. The SMILES string of the molecule is COCc1nn2c(-c3ccc(Cl)cc3)ccnc2c1-c1ccc(F)cc1. The van der Waals surface area contributed by atoms with E-state index in [4.69, 9.17) is 21.4 Å². The predicted molar refractivity (Wildman–Crippen MR) is 99.5 cm³/mol. The first-order valence-corrected chi connectivity index (χ1v) is 8.42. The van der Waals surface area contributed by atoms with Gasteiger partial charge in [-0.05, 0) is 35.9 Å². The summed E-state index contributed by atoms with van der Waals surface area (Å²) in [5.74, 6) is -0.284. The first-order valence-electron chi connectivity index (χ1n) is 8.05. The second-order valence-corrected chi connectivity index (χ2v) is 6.27. The molecule has 4 aromatic rings. The third kappa shape index (κ3) is 2.96. The van der Waals surface area contributed by atoms with Crippen LogP contribution < -0.4 is 0 Å². The van der Waals surface area contributed by atoms with Crippen LogP contribution in [0.4, 0.5) is 4.39 Å². The first-order chi connectivity index (χ1) is 12.7. The quantitative estimate of drug-likeness (QED) is 0.509. The molecular weight excluding hydrogens is 353 g/mol. The lowest BCUT2D eigenvalue weighted by Gasteiger charge is -2.05. The van der Waals surface area contributed by atoms with E-state index < -0.39 is 0 Å². The van der Waals surface area contributed by atoms with Gasteiger partial charge in [0.15, 0.2) is 5.65 Å². The molecule has 26 heavy (non-hydrogen) atoms. The van der Waals surface area contributed by atoms with Crippen LogP contribution in [0.25, 0.3) is 28.0 Å². The lowest BCUT2D eigenvalue weighted by molar-refractivity contribution is 0.181. The Bertz CT molecular complexity index is 1060. The maximum atomic E-state index is 13.3. The molecule has 0 bridgehead atoms. The number of halogens is 2. The number of aromatic nitrogens is 3. The van der Waals surface area contributed by atoms with Gasteiger partial charge in [-0.15, -0.1) is 0 Å². The summed E-state index contributed by atoms with van der Waals surface area (Å²) in [5.41, 5.74) is 4.97. The molecule has 0 aliphatic rings. The van der Waals surface area contributed by atoms with Crippen molar-refractivity contribution >= 4 is 17.2 Å². The number of hydrogen-bond acceptors (Lipinski definition) is 3. The highest BCUT2D eigenvalue weighted by molar-refractivity contribution is 6.30. The molecule has 2 aromatic heterocycles. The van der Waals surface area contributed by atoms with Crippen molar-refractivity contribution in [2.75, 3.05) is 7.11 Å². The van der Waals surface area contributed by atoms with Crippen molar-refractivity contribution < 1.29 is 9.13 Å². The minimum Gasteiger partial charge on any atom is -0.378 e. The molecule has 0 atom stereocenters. The van der Waals surface area contributed by atoms with Crippen LogP contribution in [0, 0.1) is 5.82 Å². The molecule has 0 unspecified atom stereocenters. The van der Waals surface area contributed by atoms with E-state index in [2.05, 4.69) is 4.98 Å². The van der Waals surface area contributed by atoms with Gasteiger partial charge in [-0.3, -0.25) is 0 Å². The van der Waals surface area contributed by atoms with Crippen molar-refractivity contribution in [1.29, 1.82) is 0 Å². The third-order valence-electron chi connectivity index (χ3n) is 4.14.